The highest BCUT2D eigenvalue weighted by atomic mass is 35.5. The summed E-state index contributed by atoms with van der Waals surface area (Å²) in [5, 5.41) is 8.10. The molecule has 0 saturated heterocycles. The first-order chi connectivity index (χ1) is 10.6. The lowest BCUT2D eigenvalue weighted by molar-refractivity contribution is 0.807. The van der Waals surface area contributed by atoms with E-state index in [1.54, 1.807) is 31.4 Å². The molecule has 1 aromatic carbocycles. The Labute approximate surface area is 144 Å². The minimum Gasteiger partial charge on any atom is -0.352 e. The van der Waals surface area contributed by atoms with Gasteiger partial charge in [0.15, 0.2) is 5.96 Å². The Morgan fingerprint density at radius 3 is 2.50 bits per heavy atom. The highest BCUT2D eigenvalue weighted by molar-refractivity contribution is 6.35. The van der Waals surface area contributed by atoms with E-state index in [4.69, 9.17) is 34.8 Å². The van der Waals surface area contributed by atoms with Gasteiger partial charge in [0.25, 0.3) is 0 Å². The van der Waals surface area contributed by atoms with Gasteiger partial charge in [-0.05, 0) is 29.3 Å². The average molecular weight is 358 g/mol. The van der Waals surface area contributed by atoms with Crippen LogP contribution in [0.15, 0.2) is 41.5 Å². The van der Waals surface area contributed by atoms with E-state index in [0.717, 1.165) is 11.1 Å². The predicted molar refractivity (Wildman–Crippen MR) is 92.7 cm³/mol. The van der Waals surface area contributed by atoms with Crippen molar-refractivity contribution in [2.45, 2.75) is 13.1 Å². The van der Waals surface area contributed by atoms with Crippen molar-refractivity contribution in [1.82, 2.24) is 15.6 Å². The van der Waals surface area contributed by atoms with Crippen LogP contribution in [-0.4, -0.2) is 18.0 Å². The molecule has 0 saturated carbocycles. The van der Waals surface area contributed by atoms with Crippen LogP contribution >= 0.6 is 34.8 Å². The highest BCUT2D eigenvalue weighted by Gasteiger charge is 2.03. The largest absolute Gasteiger partial charge is 0.352 e. The lowest BCUT2D eigenvalue weighted by atomic mass is 10.2. The number of nitrogens with one attached hydrogen (secondary N) is 2. The van der Waals surface area contributed by atoms with Crippen molar-refractivity contribution in [2.24, 2.45) is 4.99 Å². The van der Waals surface area contributed by atoms with Crippen LogP contribution in [0.1, 0.15) is 11.1 Å². The zero-order valence-electron chi connectivity index (χ0n) is 11.9. The second kappa shape index (κ2) is 8.22. The van der Waals surface area contributed by atoms with Gasteiger partial charge in [-0.1, -0.05) is 46.9 Å². The minimum atomic E-state index is 0.476. The standard InChI is InChI=1S/C15H15Cl3N4/c1-19-15(21-8-10-2-5-14(18)20-7-10)22-9-11-3-4-12(16)6-13(11)17/h2-7H,8-9H2,1H3,(H2,19,21,22). The van der Waals surface area contributed by atoms with E-state index in [2.05, 4.69) is 20.6 Å². The van der Waals surface area contributed by atoms with Crippen LogP contribution in [0, 0.1) is 0 Å². The van der Waals surface area contributed by atoms with Gasteiger partial charge in [0.2, 0.25) is 0 Å². The Morgan fingerprint density at radius 1 is 1.09 bits per heavy atom. The zero-order chi connectivity index (χ0) is 15.9. The van der Waals surface area contributed by atoms with Crippen LogP contribution in [0.5, 0.6) is 0 Å². The lowest BCUT2D eigenvalue weighted by Gasteiger charge is -2.12. The number of rotatable bonds is 4. The molecule has 0 fully saturated rings. The van der Waals surface area contributed by atoms with Gasteiger partial charge in [-0.2, -0.15) is 0 Å². The SMILES string of the molecule is CN=C(NCc1ccc(Cl)nc1)NCc1ccc(Cl)cc1Cl. The second-order valence-electron chi connectivity index (χ2n) is 4.50. The van der Waals surface area contributed by atoms with Crippen molar-refractivity contribution in [1.29, 1.82) is 0 Å². The van der Waals surface area contributed by atoms with Gasteiger partial charge in [0, 0.05) is 36.4 Å². The van der Waals surface area contributed by atoms with Gasteiger partial charge in [0.05, 0.1) is 0 Å². The maximum Gasteiger partial charge on any atom is 0.191 e. The van der Waals surface area contributed by atoms with E-state index in [1.165, 1.54) is 0 Å². The fourth-order valence-corrected chi connectivity index (χ4v) is 2.35. The average Bonchev–Trinajstić information content (AvgIpc) is 2.51. The Morgan fingerprint density at radius 2 is 1.86 bits per heavy atom. The lowest BCUT2D eigenvalue weighted by Crippen LogP contribution is -2.36. The summed E-state index contributed by atoms with van der Waals surface area (Å²) in [6.45, 7) is 1.15. The number of hydrogen-bond donors (Lipinski definition) is 2. The summed E-state index contributed by atoms with van der Waals surface area (Å²) in [4.78, 5) is 8.19. The van der Waals surface area contributed by atoms with Gasteiger partial charge < -0.3 is 10.6 Å². The van der Waals surface area contributed by atoms with E-state index < -0.39 is 0 Å². The number of benzene rings is 1. The molecule has 4 nitrogen and oxygen atoms in total. The molecule has 0 bridgehead atoms. The highest BCUT2D eigenvalue weighted by Crippen LogP contribution is 2.20. The first-order valence-electron chi connectivity index (χ1n) is 6.57. The number of hydrogen-bond acceptors (Lipinski definition) is 2. The van der Waals surface area contributed by atoms with Crippen molar-refractivity contribution < 1.29 is 0 Å². The van der Waals surface area contributed by atoms with E-state index in [1.807, 2.05) is 12.1 Å². The summed E-state index contributed by atoms with van der Waals surface area (Å²) in [5.41, 5.74) is 1.96. The normalized spacial score (nSPS) is 11.4. The third kappa shape index (κ3) is 5.05. The van der Waals surface area contributed by atoms with Crippen molar-refractivity contribution in [3.63, 3.8) is 0 Å². The fourth-order valence-electron chi connectivity index (χ4n) is 1.76. The van der Waals surface area contributed by atoms with Crippen LogP contribution < -0.4 is 10.6 Å². The van der Waals surface area contributed by atoms with Crippen LogP contribution in [0.2, 0.25) is 15.2 Å². The molecule has 0 unspecified atom stereocenters. The Balaban J connectivity index is 1.88. The molecule has 0 atom stereocenters. The number of aliphatic imine (C=N–C) groups is 1. The Kier molecular flexibility index (Phi) is 6.31. The summed E-state index contributed by atoms with van der Waals surface area (Å²) in [5.74, 6) is 0.668. The summed E-state index contributed by atoms with van der Waals surface area (Å²) >= 11 is 17.8. The van der Waals surface area contributed by atoms with Crippen LogP contribution in [0.4, 0.5) is 0 Å². The predicted octanol–water partition coefficient (Wildman–Crippen LogP) is 3.91. The third-order valence-corrected chi connectivity index (χ3v) is 3.74. The third-order valence-electron chi connectivity index (χ3n) is 2.93. The summed E-state index contributed by atoms with van der Waals surface area (Å²) in [7, 11) is 1.71. The molecule has 116 valence electrons. The molecule has 1 aromatic heterocycles. The molecular formula is C15H15Cl3N4. The maximum absolute atomic E-state index is 6.14. The fraction of sp³-hybridized carbons (Fsp3) is 0.200. The minimum absolute atomic E-state index is 0.476. The maximum atomic E-state index is 6.14. The molecule has 2 aromatic rings. The first-order valence-corrected chi connectivity index (χ1v) is 7.71. The molecular weight excluding hydrogens is 343 g/mol. The number of aromatic nitrogens is 1. The molecule has 7 heteroatoms. The van der Waals surface area contributed by atoms with Gasteiger partial charge >= 0.3 is 0 Å². The molecule has 1 heterocycles. The smallest absolute Gasteiger partial charge is 0.191 e. The Hall–Kier alpha value is -1.49. The molecule has 0 spiro atoms. The quantitative estimate of drug-likeness (QED) is 0.495. The van der Waals surface area contributed by atoms with Crippen LogP contribution in [-0.2, 0) is 13.1 Å². The monoisotopic (exact) mass is 356 g/mol. The molecule has 2 rings (SSSR count). The van der Waals surface area contributed by atoms with E-state index >= 15 is 0 Å². The molecule has 0 aliphatic rings. The molecule has 0 amide bonds. The van der Waals surface area contributed by atoms with Gasteiger partial charge in [-0.15, -0.1) is 0 Å². The summed E-state index contributed by atoms with van der Waals surface area (Å²) in [6.07, 6.45) is 1.72. The van der Waals surface area contributed by atoms with Gasteiger partial charge in [-0.25, -0.2) is 4.98 Å². The van der Waals surface area contributed by atoms with Gasteiger partial charge in [0.1, 0.15) is 5.15 Å². The van der Waals surface area contributed by atoms with Gasteiger partial charge in [-0.3, -0.25) is 4.99 Å². The van der Waals surface area contributed by atoms with Crippen molar-refractivity contribution in [3.05, 3.63) is 62.9 Å². The van der Waals surface area contributed by atoms with Crippen LogP contribution in [0.25, 0.3) is 0 Å². The number of pyridine rings is 1. The van der Waals surface area contributed by atoms with E-state index in [0.29, 0.717) is 34.2 Å². The topological polar surface area (TPSA) is 49.3 Å². The summed E-state index contributed by atoms with van der Waals surface area (Å²) < 4.78 is 0. The molecule has 0 aliphatic heterocycles. The number of guanidine groups is 1. The summed E-state index contributed by atoms with van der Waals surface area (Å²) in [6, 6.07) is 9.07. The van der Waals surface area contributed by atoms with Crippen molar-refractivity contribution in [2.75, 3.05) is 7.05 Å². The Bertz CT molecular complexity index is 656. The zero-order valence-corrected chi connectivity index (χ0v) is 14.2. The van der Waals surface area contributed by atoms with Crippen molar-refractivity contribution >= 4 is 40.8 Å². The van der Waals surface area contributed by atoms with Crippen LogP contribution in [0.3, 0.4) is 0 Å². The number of halogens is 3. The van der Waals surface area contributed by atoms with E-state index in [9.17, 15) is 0 Å². The van der Waals surface area contributed by atoms with E-state index in [-0.39, 0.29) is 0 Å². The second-order valence-corrected chi connectivity index (χ2v) is 5.74. The number of nitrogens with zero attached hydrogens (tertiary/aromatic N) is 2. The first kappa shape index (κ1) is 16.9. The molecule has 2 N–H and O–H groups in total. The van der Waals surface area contributed by atoms with Crippen molar-refractivity contribution in [3.8, 4) is 0 Å². The molecule has 0 aliphatic carbocycles. The molecule has 0 radical (unpaired) electrons. The molecule has 22 heavy (non-hydrogen) atoms.